The number of aromatic nitrogens is 2. The standard InChI is InChI=1S/C22H23FN4O3/c23-15-10-16(12-18(11-15)30-17-5-9-29-14-17)25-22(28)19-13-24-27-8-3-4-20(21(19)27)26-6-1-2-7-26/h3-4,8,10-13,17H,1-2,5-7,9,14H2,(H,25,28). The number of nitrogens with one attached hydrogen (secondary N) is 1. The van der Waals surface area contributed by atoms with Crippen LogP contribution < -0.4 is 15.0 Å². The Kier molecular flexibility index (Phi) is 5.00. The van der Waals surface area contributed by atoms with Gasteiger partial charge in [0.2, 0.25) is 0 Å². The average molecular weight is 410 g/mol. The molecule has 0 radical (unpaired) electrons. The number of ether oxygens (including phenoxy) is 2. The van der Waals surface area contributed by atoms with Gasteiger partial charge in [0.05, 0.1) is 30.7 Å². The van der Waals surface area contributed by atoms with E-state index in [9.17, 15) is 9.18 Å². The van der Waals surface area contributed by atoms with E-state index in [1.54, 1.807) is 16.8 Å². The molecule has 0 saturated carbocycles. The number of benzene rings is 1. The first-order valence-electron chi connectivity index (χ1n) is 10.2. The predicted octanol–water partition coefficient (Wildman–Crippen LogP) is 3.49. The van der Waals surface area contributed by atoms with Gasteiger partial charge in [-0.1, -0.05) is 0 Å². The van der Waals surface area contributed by atoms with Crippen LogP contribution in [0.5, 0.6) is 5.75 Å². The number of amides is 1. The summed E-state index contributed by atoms with van der Waals surface area (Å²) in [5.41, 5.74) is 2.54. The average Bonchev–Trinajstić information content (AvgIpc) is 3.48. The van der Waals surface area contributed by atoms with Crippen molar-refractivity contribution in [1.82, 2.24) is 9.61 Å². The molecular weight excluding hydrogens is 387 g/mol. The minimum Gasteiger partial charge on any atom is -0.488 e. The molecule has 2 saturated heterocycles. The lowest BCUT2D eigenvalue weighted by atomic mass is 10.2. The number of pyridine rings is 1. The van der Waals surface area contributed by atoms with Crippen molar-refractivity contribution in [2.45, 2.75) is 25.4 Å². The molecule has 1 amide bonds. The highest BCUT2D eigenvalue weighted by atomic mass is 19.1. The molecule has 8 heteroatoms. The van der Waals surface area contributed by atoms with Crippen molar-refractivity contribution in [3.63, 3.8) is 0 Å². The molecule has 2 aliphatic heterocycles. The molecule has 1 unspecified atom stereocenters. The van der Waals surface area contributed by atoms with Gasteiger partial charge in [-0.25, -0.2) is 8.91 Å². The highest BCUT2D eigenvalue weighted by Crippen LogP contribution is 2.29. The van der Waals surface area contributed by atoms with Crippen LogP contribution in [-0.2, 0) is 4.74 Å². The van der Waals surface area contributed by atoms with Crippen molar-refractivity contribution in [3.05, 3.63) is 54.1 Å². The van der Waals surface area contributed by atoms with Gasteiger partial charge in [0.15, 0.2) is 0 Å². The first kappa shape index (κ1) is 18.9. The molecule has 4 heterocycles. The van der Waals surface area contributed by atoms with E-state index in [0.717, 1.165) is 43.6 Å². The van der Waals surface area contributed by atoms with E-state index in [-0.39, 0.29) is 12.0 Å². The molecule has 1 aromatic carbocycles. The highest BCUT2D eigenvalue weighted by molar-refractivity contribution is 6.10. The van der Waals surface area contributed by atoms with Crippen molar-refractivity contribution in [2.24, 2.45) is 0 Å². The van der Waals surface area contributed by atoms with E-state index in [4.69, 9.17) is 9.47 Å². The summed E-state index contributed by atoms with van der Waals surface area (Å²) in [6, 6.07) is 8.17. The van der Waals surface area contributed by atoms with E-state index in [2.05, 4.69) is 15.3 Å². The number of halogens is 1. The predicted molar refractivity (Wildman–Crippen MR) is 111 cm³/mol. The zero-order valence-corrected chi connectivity index (χ0v) is 16.5. The molecule has 3 aromatic rings. The summed E-state index contributed by atoms with van der Waals surface area (Å²) in [5.74, 6) is -0.435. The number of anilines is 2. The second-order valence-corrected chi connectivity index (χ2v) is 7.67. The molecule has 0 spiro atoms. The third kappa shape index (κ3) is 3.70. The Morgan fingerprint density at radius 1 is 1.27 bits per heavy atom. The van der Waals surface area contributed by atoms with E-state index in [1.165, 1.54) is 12.1 Å². The second kappa shape index (κ2) is 7.95. The lowest BCUT2D eigenvalue weighted by Gasteiger charge is -2.19. The number of nitrogens with zero attached hydrogens (tertiary/aromatic N) is 3. The van der Waals surface area contributed by atoms with Crippen LogP contribution in [0, 0.1) is 5.82 Å². The van der Waals surface area contributed by atoms with Gasteiger partial charge in [0.1, 0.15) is 23.2 Å². The Bertz CT molecular complexity index is 1070. The smallest absolute Gasteiger partial charge is 0.259 e. The molecule has 156 valence electrons. The summed E-state index contributed by atoms with van der Waals surface area (Å²) >= 11 is 0. The van der Waals surface area contributed by atoms with E-state index in [1.807, 2.05) is 18.3 Å². The largest absolute Gasteiger partial charge is 0.488 e. The zero-order chi connectivity index (χ0) is 20.5. The zero-order valence-electron chi connectivity index (χ0n) is 16.5. The Hall–Kier alpha value is -3.13. The minimum atomic E-state index is -0.473. The number of hydrogen-bond acceptors (Lipinski definition) is 5. The number of carbonyl (C=O) groups excluding carboxylic acids is 1. The fourth-order valence-electron chi connectivity index (χ4n) is 4.10. The molecule has 5 rings (SSSR count). The normalized spacial score (nSPS) is 18.8. The van der Waals surface area contributed by atoms with Gasteiger partial charge in [-0.15, -0.1) is 0 Å². The first-order chi connectivity index (χ1) is 14.7. The monoisotopic (exact) mass is 410 g/mol. The number of rotatable bonds is 5. The van der Waals surface area contributed by atoms with Crippen molar-refractivity contribution >= 4 is 22.8 Å². The fraction of sp³-hybridized carbons (Fsp3) is 0.364. The van der Waals surface area contributed by atoms with Crippen LogP contribution in [0.4, 0.5) is 15.8 Å². The third-order valence-corrected chi connectivity index (χ3v) is 5.53. The van der Waals surface area contributed by atoms with E-state index >= 15 is 0 Å². The summed E-state index contributed by atoms with van der Waals surface area (Å²) in [5, 5.41) is 7.13. The molecule has 30 heavy (non-hydrogen) atoms. The summed E-state index contributed by atoms with van der Waals surface area (Å²) in [7, 11) is 0. The van der Waals surface area contributed by atoms with Gasteiger partial charge in [0.25, 0.3) is 5.91 Å². The van der Waals surface area contributed by atoms with Gasteiger partial charge in [-0.2, -0.15) is 5.10 Å². The topological polar surface area (TPSA) is 68.1 Å². The molecule has 0 aliphatic carbocycles. The van der Waals surface area contributed by atoms with Crippen LogP contribution >= 0.6 is 0 Å². The van der Waals surface area contributed by atoms with Crippen LogP contribution in [0.25, 0.3) is 5.52 Å². The first-order valence-corrected chi connectivity index (χ1v) is 10.2. The van der Waals surface area contributed by atoms with Gasteiger partial charge >= 0.3 is 0 Å². The summed E-state index contributed by atoms with van der Waals surface area (Å²) in [4.78, 5) is 15.3. The Morgan fingerprint density at radius 2 is 2.13 bits per heavy atom. The Morgan fingerprint density at radius 3 is 2.93 bits per heavy atom. The minimum absolute atomic E-state index is 0.0991. The van der Waals surface area contributed by atoms with Gasteiger partial charge in [-0.05, 0) is 31.0 Å². The van der Waals surface area contributed by atoms with E-state index in [0.29, 0.717) is 30.2 Å². The molecule has 2 fully saturated rings. The van der Waals surface area contributed by atoms with Crippen LogP contribution in [0.3, 0.4) is 0 Å². The number of hydrogen-bond donors (Lipinski definition) is 1. The number of fused-ring (bicyclic) bond motifs is 1. The van der Waals surface area contributed by atoms with Gasteiger partial charge in [-0.3, -0.25) is 4.79 Å². The van der Waals surface area contributed by atoms with Crippen molar-refractivity contribution in [3.8, 4) is 5.75 Å². The summed E-state index contributed by atoms with van der Waals surface area (Å²) < 4.78 is 26.9. The van der Waals surface area contributed by atoms with Crippen molar-refractivity contribution < 1.29 is 18.7 Å². The maximum absolute atomic E-state index is 14.1. The molecule has 1 atom stereocenters. The van der Waals surface area contributed by atoms with Crippen LogP contribution in [0.2, 0.25) is 0 Å². The molecular formula is C22H23FN4O3. The molecule has 2 aromatic heterocycles. The molecule has 7 nitrogen and oxygen atoms in total. The van der Waals surface area contributed by atoms with Gasteiger partial charge in [0, 0.05) is 43.5 Å². The van der Waals surface area contributed by atoms with Crippen molar-refractivity contribution in [1.29, 1.82) is 0 Å². The third-order valence-electron chi connectivity index (χ3n) is 5.53. The lowest BCUT2D eigenvalue weighted by molar-refractivity contribution is 0.102. The van der Waals surface area contributed by atoms with Crippen molar-refractivity contribution in [2.75, 3.05) is 36.5 Å². The second-order valence-electron chi connectivity index (χ2n) is 7.67. The van der Waals surface area contributed by atoms with Gasteiger partial charge < -0.3 is 19.7 Å². The molecule has 1 N–H and O–H groups in total. The maximum atomic E-state index is 14.1. The van der Waals surface area contributed by atoms with E-state index < -0.39 is 5.82 Å². The molecule has 0 bridgehead atoms. The Labute approximate surface area is 173 Å². The highest BCUT2D eigenvalue weighted by Gasteiger charge is 2.22. The Balaban J connectivity index is 1.41. The summed E-state index contributed by atoms with van der Waals surface area (Å²) in [6.45, 7) is 3.04. The quantitative estimate of drug-likeness (QED) is 0.697. The maximum Gasteiger partial charge on any atom is 0.259 e. The number of carbonyl (C=O) groups is 1. The summed E-state index contributed by atoms with van der Waals surface area (Å²) in [6.07, 6.45) is 6.31. The van der Waals surface area contributed by atoms with Crippen LogP contribution in [0.1, 0.15) is 29.6 Å². The lowest BCUT2D eigenvalue weighted by Crippen LogP contribution is -2.20. The SMILES string of the molecule is O=C(Nc1cc(F)cc(OC2CCOC2)c1)c1cnn2cccc(N3CCCC3)c12. The van der Waals surface area contributed by atoms with Crippen LogP contribution in [-0.4, -0.2) is 47.9 Å². The molecule has 2 aliphatic rings. The van der Waals surface area contributed by atoms with Crippen LogP contribution in [0.15, 0.2) is 42.7 Å². The fourth-order valence-corrected chi connectivity index (χ4v) is 4.10.